The van der Waals surface area contributed by atoms with Crippen LogP contribution in [-0.4, -0.2) is 17.0 Å². The zero-order chi connectivity index (χ0) is 12.6. The molecule has 0 aromatic heterocycles. The van der Waals surface area contributed by atoms with Gasteiger partial charge in [-0.25, -0.2) is 0 Å². The molecule has 1 fully saturated rings. The lowest BCUT2D eigenvalue weighted by atomic mass is 10.0. The fourth-order valence-corrected chi connectivity index (χ4v) is 4.97. The molecule has 1 aliphatic heterocycles. The normalized spacial score (nSPS) is 30.7. The van der Waals surface area contributed by atoms with Gasteiger partial charge in [0.2, 0.25) is 0 Å². The van der Waals surface area contributed by atoms with E-state index in [4.69, 9.17) is 0 Å². The highest BCUT2D eigenvalue weighted by Crippen LogP contribution is 2.39. The molecular formula is C15H20BrNS. The molecule has 2 unspecified atom stereocenters. The highest BCUT2D eigenvalue weighted by Gasteiger charge is 2.31. The van der Waals surface area contributed by atoms with Crippen LogP contribution in [0.2, 0.25) is 0 Å². The number of fused-ring (bicyclic) bond motifs is 1. The van der Waals surface area contributed by atoms with E-state index in [0.29, 0.717) is 10.8 Å². The Morgan fingerprint density at radius 1 is 1.50 bits per heavy atom. The topological polar surface area (TPSA) is 12.0 Å². The van der Waals surface area contributed by atoms with E-state index < -0.39 is 0 Å². The van der Waals surface area contributed by atoms with Crippen molar-refractivity contribution in [1.29, 1.82) is 0 Å². The summed E-state index contributed by atoms with van der Waals surface area (Å²) in [7, 11) is 0. The lowest BCUT2D eigenvalue weighted by molar-refractivity contribution is 0.469. The van der Waals surface area contributed by atoms with Gasteiger partial charge < -0.3 is 5.32 Å². The van der Waals surface area contributed by atoms with Crippen molar-refractivity contribution in [3.8, 4) is 0 Å². The Kier molecular flexibility index (Phi) is 3.75. The van der Waals surface area contributed by atoms with Gasteiger partial charge in [0.25, 0.3) is 0 Å². The van der Waals surface area contributed by atoms with Gasteiger partial charge in [-0.15, -0.1) is 0 Å². The molecule has 1 N–H and O–H groups in total. The van der Waals surface area contributed by atoms with Crippen molar-refractivity contribution >= 4 is 27.7 Å². The first-order chi connectivity index (χ1) is 8.68. The lowest BCUT2D eigenvalue weighted by Crippen LogP contribution is -2.34. The van der Waals surface area contributed by atoms with Crippen LogP contribution in [-0.2, 0) is 6.42 Å². The van der Waals surface area contributed by atoms with Crippen LogP contribution >= 0.6 is 27.7 Å². The minimum atomic E-state index is 0.467. The number of hydrogen-bond donors (Lipinski definition) is 1. The van der Waals surface area contributed by atoms with Crippen molar-refractivity contribution in [1.82, 2.24) is 5.32 Å². The summed E-state index contributed by atoms with van der Waals surface area (Å²) in [6.07, 6.45) is 5.20. The van der Waals surface area contributed by atoms with Gasteiger partial charge in [0.05, 0.1) is 0 Å². The molecule has 3 rings (SSSR count). The van der Waals surface area contributed by atoms with Crippen LogP contribution in [0.5, 0.6) is 0 Å². The first kappa shape index (κ1) is 13.0. The summed E-state index contributed by atoms with van der Waals surface area (Å²) in [6, 6.07) is 7.18. The van der Waals surface area contributed by atoms with E-state index in [2.05, 4.69) is 58.1 Å². The lowest BCUT2D eigenvalue weighted by Gasteiger charge is -2.26. The second kappa shape index (κ2) is 5.18. The van der Waals surface area contributed by atoms with Crippen molar-refractivity contribution in [2.75, 3.05) is 12.3 Å². The van der Waals surface area contributed by atoms with Gasteiger partial charge in [-0.3, -0.25) is 0 Å². The third kappa shape index (κ3) is 2.50. The van der Waals surface area contributed by atoms with Gasteiger partial charge >= 0.3 is 0 Å². The second-order valence-corrected chi connectivity index (χ2v) is 8.22. The Bertz CT molecular complexity index is 440. The van der Waals surface area contributed by atoms with Gasteiger partial charge in [0.15, 0.2) is 0 Å². The van der Waals surface area contributed by atoms with Gasteiger partial charge in [-0.1, -0.05) is 28.1 Å². The third-order valence-electron chi connectivity index (χ3n) is 4.24. The van der Waals surface area contributed by atoms with E-state index in [0.717, 1.165) is 6.54 Å². The first-order valence-electron chi connectivity index (χ1n) is 6.83. The van der Waals surface area contributed by atoms with Crippen LogP contribution in [0.25, 0.3) is 0 Å². The van der Waals surface area contributed by atoms with E-state index in [1.54, 1.807) is 0 Å². The maximum atomic E-state index is 3.81. The molecule has 1 saturated heterocycles. The summed E-state index contributed by atoms with van der Waals surface area (Å²) >= 11 is 5.81. The van der Waals surface area contributed by atoms with E-state index in [-0.39, 0.29) is 0 Å². The standard InChI is InChI=1S/C15H20BrNS/c1-15(8-3-9-18-15)10-17-14-7-6-11-12(14)4-2-5-13(11)16/h2,4-5,14,17H,3,6-10H2,1H3. The highest BCUT2D eigenvalue weighted by atomic mass is 79.9. The molecule has 1 nitrogen and oxygen atoms in total. The average Bonchev–Trinajstić information content (AvgIpc) is 2.95. The van der Waals surface area contributed by atoms with E-state index in [1.165, 1.54) is 47.0 Å². The van der Waals surface area contributed by atoms with Crippen LogP contribution in [0.15, 0.2) is 22.7 Å². The van der Waals surface area contributed by atoms with Gasteiger partial charge in [0, 0.05) is 21.8 Å². The summed E-state index contributed by atoms with van der Waals surface area (Å²) in [5.41, 5.74) is 3.02. The van der Waals surface area contributed by atoms with Crippen molar-refractivity contribution < 1.29 is 0 Å². The molecule has 2 aliphatic rings. The first-order valence-corrected chi connectivity index (χ1v) is 8.60. The molecule has 0 saturated carbocycles. The molecule has 0 bridgehead atoms. The van der Waals surface area contributed by atoms with Crippen molar-refractivity contribution in [2.45, 2.75) is 43.4 Å². The zero-order valence-electron chi connectivity index (χ0n) is 10.8. The largest absolute Gasteiger partial charge is 0.309 e. The third-order valence-corrected chi connectivity index (χ3v) is 6.52. The molecule has 1 heterocycles. The molecule has 0 radical (unpaired) electrons. The van der Waals surface area contributed by atoms with Crippen LogP contribution in [0.4, 0.5) is 0 Å². The number of hydrogen-bond acceptors (Lipinski definition) is 2. The Morgan fingerprint density at radius 3 is 3.17 bits per heavy atom. The summed E-state index contributed by atoms with van der Waals surface area (Å²) in [5.74, 6) is 1.34. The molecule has 3 heteroatoms. The number of halogens is 1. The predicted molar refractivity (Wildman–Crippen MR) is 83.3 cm³/mol. The number of benzene rings is 1. The smallest absolute Gasteiger partial charge is 0.0327 e. The molecule has 2 atom stereocenters. The van der Waals surface area contributed by atoms with Crippen molar-refractivity contribution in [3.63, 3.8) is 0 Å². The number of thioether (sulfide) groups is 1. The molecular weight excluding hydrogens is 306 g/mol. The minimum absolute atomic E-state index is 0.467. The summed E-state index contributed by atoms with van der Waals surface area (Å²) in [5, 5.41) is 3.81. The predicted octanol–water partition coefficient (Wildman–Crippen LogP) is 4.31. The maximum absolute atomic E-state index is 3.81. The fraction of sp³-hybridized carbons (Fsp3) is 0.600. The van der Waals surface area contributed by atoms with Gasteiger partial charge in [-0.2, -0.15) is 11.8 Å². The average molecular weight is 326 g/mol. The summed E-state index contributed by atoms with van der Waals surface area (Å²) in [4.78, 5) is 0. The van der Waals surface area contributed by atoms with Crippen LogP contribution < -0.4 is 5.32 Å². The molecule has 0 spiro atoms. The Morgan fingerprint density at radius 2 is 2.39 bits per heavy atom. The van der Waals surface area contributed by atoms with Crippen LogP contribution in [0, 0.1) is 0 Å². The maximum Gasteiger partial charge on any atom is 0.0327 e. The monoisotopic (exact) mass is 325 g/mol. The summed E-state index contributed by atoms with van der Waals surface area (Å²) < 4.78 is 1.75. The van der Waals surface area contributed by atoms with Gasteiger partial charge in [-0.05, 0) is 55.6 Å². The quantitative estimate of drug-likeness (QED) is 0.888. The summed E-state index contributed by atoms with van der Waals surface area (Å²) in [6.45, 7) is 3.56. The van der Waals surface area contributed by atoms with Crippen molar-refractivity contribution in [3.05, 3.63) is 33.8 Å². The minimum Gasteiger partial charge on any atom is -0.309 e. The van der Waals surface area contributed by atoms with E-state index in [1.807, 2.05) is 0 Å². The molecule has 18 heavy (non-hydrogen) atoms. The van der Waals surface area contributed by atoms with E-state index in [9.17, 15) is 0 Å². The Labute approximate surface area is 122 Å². The molecule has 1 aromatic carbocycles. The number of rotatable bonds is 3. The molecule has 0 amide bonds. The highest BCUT2D eigenvalue weighted by molar-refractivity contribution is 9.10. The molecule has 98 valence electrons. The Balaban J connectivity index is 1.68. The number of nitrogens with one attached hydrogen (secondary N) is 1. The van der Waals surface area contributed by atoms with Crippen LogP contribution in [0.3, 0.4) is 0 Å². The molecule has 1 aromatic rings. The van der Waals surface area contributed by atoms with Crippen molar-refractivity contribution in [2.24, 2.45) is 0 Å². The van der Waals surface area contributed by atoms with Gasteiger partial charge in [0.1, 0.15) is 0 Å². The molecule has 1 aliphatic carbocycles. The second-order valence-electron chi connectivity index (χ2n) is 5.68. The fourth-order valence-electron chi connectivity index (χ4n) is 3.14. The Hall–Kier alpha value is 0.01000. The zero-order valence-corrected chi connectivity index (χ0v) is 13.2. The van der Waals surface area contributed by atoms with Crippen LogP contribution in [0.1, 0.15) is 43.4 Å². The SMILES string of the molecule is CC1(CNC2CCc3c(Br)cccc32)CCCS1. The van der Waals surface area contributed by atoms with E-state index >= 15 is 0 Å².